The highest BCUT2D eigenvalue weighted by Crippen LogP contribution is 2.25. The van der Waals surface area contributed by atoms with Crippen LogP contribution in [0.3, 0.4) is 0 Å². The Morgan fingerprint density at radius 1 is 1.21 bits per heavy atom. The zero-order valence-corrected chi connectivity index (χ0v) is 10.1. The lowest BCUT2D eigenvalue weighted by molar-refractivity contribution is -0.274. The molecule has 0 saturated heterocycles. The molecule has 0 unspecified atom stereocenters. The third-order valence-corrected chi connectivity index (χ3v) is 2.28. The number of alkyl halides is 3. The van der Waals surface area contributed by atoms with Gasteiger partial charge in [-0.2, -0.15) is 4.98 Å². The maximum absolute atomic E-state index is 12.0. The lowest BCUT2D eigenvalue weighted by Gasteiger charge is -2.08. The highest BCUT2D eigenvalue weighted by atomic mass is 19.4. The molecule has 19 heavy (non-hydrogen) atoms. The van der Waals surface area contributed by atoms with Gasteiger partial charge >= 0.3 is 6.36 Å². The molecular formula is C12H11F3N2O2. The molecule has 0 aliphatic heterocycles. The Morgan fingerprint density at radius 2 is 1.89 bits per heavy atom. The number of aromatic nitrogens is 2. The Kier molecular flexibility index (Phi) is 3.73. The minimum atomic E-state index is -4.69. The molecular weight excluding hydrogens is 261 g/mol. The van der Waals surface area contributed by atoms with Crippen molar-refractivity contribution in [2.24, 2.45) is 0 Å². The fraction of sp³-hybridized carbons (Fsp3) is 0.333. The first kappa shape index (κ1) is 13.4. The zero-order chi connectivity index (χ0) is 13.9. The summed E-state index contributed by atoms with van der Waals surface area (Å²) in [6, 6.07) is 5.27. The number of hydrogen-bond donors (Lipinski definition) is 0. The predicted octanol–water partition coefficient (Wildman–Crippen LogP) is 3.59. The summed E-state index contributed by atoms with van der Waals surface area (Å²) < 4.78 is 44.8. The smallest absolute Gasteiger partial charge is 0.406 e. The van der Waals surface area contributed by atoms with E-state index in [2.05, 4.69) is 14.9 Å². The Labute approximate surface area is 107 Å². The molecule has 0 aliphatic carbocycles. The largest absolute Gasteiger partial charge is 0.573 e. The quantitative estimate of drug-likeness (QED) is 0.853. The molecule has 4 nitrogen and oxygen atoms in total. The van der Waals surface area contributed by atoms with E-state index in [0.29, 0.717) is 17.8 Å². The van der Waals surface area contributed by atoms with Gasteiger partial charge in [-0.15, -0.1) is 13.2 Å². The summed E-state index contributed by atoms with van der Waals surface area (Å²) in [6.07, 6.45) is -3.11. The van der Waals surface area contributed by atoms with Crippen molar-refractivity contribution >= 4 is 0 Å². The molecule has 0 N–H and O–H groups in total. The van der Waals surface area contributed by atoms with Gasteiger partial charge in [-0.25, -0.2) is 0 Å². The monoisotopic (exact) mass is 272 g/mol. The molecule has 0 aliphatic rings. The number of nitrogens with zero attached hydrogens (tertiary/aromatic N) is 2. The highest BCUT2D eigenvalue weighted by molar-refractivity contribution is 5.54. The summed E-state index contributed by atoms with van der Waals surface area (Å²) in [6.45, 7) is 1.99. The second-order valence-corrected chi connectivity index (χ2v) is 3.84. The van der Waals surface area contributed by atoms with Gasteiger partial charge in [0.05, 0.1) is 0 Å². The van der Waals surface area contributed by atoms with Crippen molar-refractivity contribution in [2.75, 3.05) is 0 Å². The van der Waals surface area contributed by atoms with E-state index >= 15 is 0 Å². The van der Waals surface area contributed by atoms with Crippen molar-refractivity contribution in [2.45, 2.75) is 26.1 Å². The lowest BCUT2D eigenvalue weighted by Crippen LogP contribution is -2.16. The minimum absolute atomic E-state index is 0.280. The molecule has 0 fully saturated rings. The van der Waals surface area contributed by atoms with Crippen LogP contribution in [0.4, 0.5) is 13.2 Å². The van der Waals surface area contributed by atoms with E-state index in [1.807, 2.05) is 6.92 Å². The van der Waals surface area contributed by atoms with Gasteiger partial charge in [0.2, 0.25) is 0 Å². The van der Waals surface area contributed by atoms with Crippen molar-refractivity contribution in [1.82, 2.24) is 10.1 Å². The summed E-state index contributed by atoms with van der Waals surface area (Å²) in [5.74, 6) is 0.569. The second kappa shape index (κ2) is 5.29. The van der Waals surface area contributed by atoms with E-state index < -0.39 is 6.36 Å². The van der Waals surface area contributed by atoms with Crippen LogP contribution in [-0.2, 0) is 6.42 Å². The van der Waals surface area contributed by atoms with Gasteiger partial charge in [0.1, 0.15) is 5.75 Å². The first-order chi connectivity index (χ1) is 8.98. The van der Waals surface area contributed by atoms with Crippen molar-refractivity contribution in [1.29, 1.82) is 0 Å². The minimum Gasteiger partial charge on any atom is -0.406 e. The number of rotatable bonds is 4. The standard InChI is InChI=1S/C12H11F3N2O2/c1-2-3-10-16-11(19-17-10)8-4-6-9(7-5-8)18-12(13,14)15/h4-7H,2-3H2,1H3. The maximum atomic E-state index is 12.0. The molecule has 102 valence electrons. The van der Waals surface area contributed by atoms with E-state index in [1.165, 1.54) is 24.3 Å². The number of ether oxygens (including phenoxy) is 1. The predicted molar refractivity (Wildman–Crippen MR) is 60.4 cm³/mol. The van der Waals surface area contributed by atoms with Gasteiger partial charge in [0.25, 0.3) is 5.89 Å². The fourth-order valence-electron chi connectivity index (χ4n) is 1.50. The van der Waals surface area contributed by atoms with E-state index in [9.17, 15) is 13.2 Å². The highest BCUT2D eigenvalue weighted by Gasteiger charge is 2.31. The molecule has 0 radical (unpaired) electrons. The first-order valence-electron chi connectivity index (χ1n) is 5.66. The summed E-state index contributed by atoms with van der Waals surface area (Å²) in [5, 5.41) is 3.77. The molecule has 1 aromatic carbocycles. The van der Waals surface area contributed by atoms with Gasteiger partial charge in [-0.1, -0.05) is 12.1 Å². The van der Waals surface area contributed by atoms with Crippen molar-refractivity contribution in [3.05, 3.63) is 30.1 Å². The van der Waals surface area contributed by atoms with Crippen LogP contribution < -0.4 is 4.74 Å². The van der Waals surface area contributed by atoms with Crippen molar-refractivity contribution in [3.63, 3.8) is 0 Å². The molecule has 7 heteroatoms. The summed E-state index contributed by atoms with van der Waals surface area (Å²) in [7, 11) is 0. The Hall–Kier alpha value is -2.05. The van der Waals surface area contributed by atoms with Crippen LogP contribution in [0, 0.1) is 0 Å². The van der Waals surface area contributed by atoms with Crippen molar-refractivity contribution < 1.29 is 22.4 Å². The van der Waals surface area contributed by atoms with Crippen LogP contribution in [0.25, 0.3) is 11.5 Å². The van der Waals surface area contributed by atoms with Crippen LogP contribution in [0.1, 0.15) is 19.2 Å². The summed E-state index contributed by atoms with van der Waals surface area (Å²) in [5.41, 5.74) is 0.546. The molecule has 1 heterocycles. The molecule has 0 spiro atoms. The molecule has 2 aromatic rings. The lowest BCUT2D eigenvalue weighted by atomic mass is 10.2. The SMILES string of the molecule is CCCc1noc(-c2ccc(OC(F)(F)F)cc2)n1. The summed E-state index contributed by atoms with van der Waals surface area (Å²) >= 11 is 0. The van der Waals surface area contributed by atoms with Gasteiger partial charge in [-0.05, 0) is 30.7 Å². The molecule has 0 bridgehead atoms. The van der Waals surface area contributed by atoms with Crippen LogP contribution >= 0.6 is 0 Å². The van der Waals surface area contributed by atoms with Crippen LogP contribution in [0.5, 0.6) is 5.75 Å². The van der Waals surface area contributed by atoms with Crippen LogP contribution in [0.15, 0.2) is 28.8 Å². The number of halogens is 3. The van der Waals surface area contributed by atoms with E-state index in [4.69, 9.17) is 4.52 Å². The van der Waals surface area contributed by atoms with E-state index in [1.54, 1.807) is 0 Å². The van der Waals surface area contributed by atoms with Crippen LogP contribution in [-0.4, -0.2) is 16.5 Å². The number of benzene rings is 1. The average Bonchev–Trinajstić information content (AvgIpc) is 2.77. The fourth-order valence-corrected chi connectivity index (χ4v) is 1.50. The number of aryl methyl sites for hydroxylation is 1. The normalized spacial score (nSPS) is 11.6. The molecule has 0 amide bonds. The molecule has 0 saturated carbocycles. The Morgan fingerprint density at radius 3 is 2.47 bits per heavy atom. The topological polar surface area (TPSA) is 48.2 Å². The molecule has 0 atom stereocenters. The van der Waals surface area contributed by atoms with E-state index in [0.717, 1.165) is 6.42 Å². The second-order valence-electron chi connectivity index (χ2n) is 3.84. The van der Waals surface area contributed by atoms with E-state index in [-0.39, 0.29) is 11.6 Å². The summed E-state index contributed by atoms with van der Waals surface area (Å²) in [4.78, 5) is 4.13. The first-order valence-corrected chi connectivity index (χ1v) is 5.66. The van der Waals surface area contributed by atoms with Gasteiger partial charge in [-0.3, -0.25) is 0 Å². The average molecular weight is 272 g/mol. The van der Waals surface area contributed by atoms with Gasteiger partial charge in [0.15, 0.2) is 5.82 Å². The third kappa shape index (κ3) is 3.70. The van der Waals surface area contributed by atoms with Crippen molar-refractivity contribution in [3.8, 4) is 17.2 Å². The Balaban J connectivity index is 2.13. The van der Waals surface area contributed by atoms with Gasteiger partial charge < -0.3 is 9.26 Å². The molecule has 1 aromatic heterocycles. The van der Waals surface area contributed by atoms with Crippen LogP contribution in [0.2, 0.25) is 0 Å². The Bertz CT molecular complexity index is 535. The number of hydrogen-bond acceptors (Lipinski definition) is 4. The van der Waals surface area contributed by atoms with Gasteiger partial charge in [0, 0.05) is 12.0 Å². The molecule has 2 rings (SSSR count). The third-order valence-electron chi connectivity index (χ3n) is 2.28. The maximum Gasteiger partial charge on any atom is 0.573 e. The zero-order valence-electron chi connectivity index (χ0n) is 10.1.